The van der Waals surface area contributed by atoms with E-state index < -0.39 is 18.1 Å². The van der Waals surface area contributed by atoms with Crippen LogP contribution in [-0.2, 0) is 11.3 Å². The minimum Gasteiger partial charge on any atom is -0.378 e. The number of carbonyl (C=O) groups excluding carboxylic acids is 1. The summed E-state index contributed by atoms with van der Waals surface area (Å²) >= 11 is 0. The number of hydrogen-bond acceptors (Lipinski definition) is 3. The second-order valence-electron chi connectivity index (χ2n) is 5.98. The lowest BCUT2D eigenvalue weighted by Crippen LogP contribution is -2.36. The Morgan fingerprint density at radius 1 is 0.885 bits per heavy atom. The van der Waals surface area contributed by atoms with E-state index in [-0.39, 0.29) is 12.1 Å². The molecule has 0 radical (unpaired) electrons. The molecule has 5 nitrogen and oxygen atoms in total. The number of amides is 1. The normalized spacial score (nSPS) is 13.0. The zero-order valence-electron chi connectivity index (χ0n) is 14.2. The molecule has 1 amide bonds. The van der Waals surface area contributed by atoms with Crippen molar-refractivity contribution >= 4 is 5.91 Å². The Morgan fingerprint density at radius 3 is 2.08 bits per heavy atom. The van der Waals surface area contributed by atoms with Gasteiger partial charge in [-0.1, -0.05) is 66.7 Å². The number of rotatable bonds is 6. The fourth-order valence-electron chi connectivity index (χ4n) is 2.77. The number of pyridine rings is 1. The minimum atomic E-state index is -1.27. The molecule has 0 aliphatic rings. The van der Waals surface area contributed by atoms with E-state index in [2.05, 4.69) is 5.32 Å². The Morgan fingerprint density at radius 2 is 1.46 bits per heavy atom. The molecule has 2 atom stereocenters. The molecule has 0 spiro atoms. The Kier molecular flexibility index (Phi) is 5.61. The second kappa shape index (κ2) is 8.27. The van der Waals surface area contributed by atoms with Crippen LogP contribution in [0, 0.1) is 0 Å². The van der Waals surface area contributed by atoms with E-state index in [1.165, 1.54) is 10.6 Å². The molecular formula is C21H20N2O3. The average Bonchev–Trinajstić information content (AvgIpc) is 2.69. The molecule has 3 aromatic rings. The standard InChI is InChI=1S/C21H20N2O3/c24-19-13-7-8-14-23(19)15-18(16-9-3-1-4-10-16)22-21(26)20(25)17-11-5-2-6-12-17/h1-14,18,20,25H,15H2,(H,22,26)/t18-,20+/m0/s1. The van der Waals surface area contributed by atoms with E-state index >= 15 is 0 Å². The molecule has 0 bridgehead atoms. The van der Waals surface area contributed by atoms with Gasteiger partial charge in [-0.15, -0.1) is 0 Å². The molecule has 2 N–H and O–H groups in total. The third kappa shape index (κ3) is 4.26. The minimum absolute atomic E-state index is 0.147. The fourth-order valence-corrected chi connectivity index (χ4v) is 2.77. The summed E-state index contributed by atoms with van der Waals surface area (Å²) in [5.74, 6) is -0.506. The van der Waals surface area contributed by atoms with E-state index in [4.69, 9.17) is 0 Å². The Bertz CT molecular complexity index is 907. The monoisotopic (exact) mass is 348 g/mol. The molecule has 0 aliphatic carbocycles. The first-order chi connectivity index (χ1) is 12.6. The molecule has 0 saturated heterocycles. The highest BCUT2D eigenvalue weighted by Crippen LogP contribution is 2.18. The lowest BCUT2D eigenvalue weighted by atomic mass is 10.0. The topological polar surface area (TPSA) is 71.3 Å². The maximum absolute atomic E-state index is 12.6. The zero-order valence-corrected chi connectivity index (χ0v) is 14.2. The second-order valence-corrected chi connectivity index (χ2v) is 5.98. The van der Waals surface area contributed by atoms with Gasteiger partial charge in [0.15, 0.2) is 6.10 Å². The van der Waals surface area contributed by atoms with E-state index in [1.807, 2.05) is 36.4 Å². The lowest BCUT2D eigenvalue weighted by molar-refractivity contribution is -0.130. The van der Waals surface area contributed by atoms with Gasteiger partial charge < -0.3 is 15.0 Å². The summed E-state index contributed by atoms with van der Waals surface area (Å²) in [4.78, 5) is 24.6. The SMILES string of the molecule is O=C(N[C@@H](Cn1ccccc1=O)c1ccccc1)[C@H](O)c1ccccc1. The van der Waals surface area contributed by atoms with E-state index in [1.54, 1.807) is 42.6 Å². The summed E-state index contributed by atoms with van der Waals surface area (Å²) in [5.41, 5.74) is 1.23. The van der Waals surface area contributed by atoms with Crippen molar-refractivity contribution in [2.45, 2.75) is 18.7 Å². The molecule has 1 aromatic heterocycles. The van der Waals surface area contributed by atoms with Crippen LogP contribution in [0.2, 0.25) is 0 Å². The first-order valence-corrected chi connectivity index (χ1v) is 8.39. The maximum Gasteiger partial charge on any atom is 0.254 e. The molecule has 3 rings (SSSR count). The highest BCUT2D eigenvalue weighted by molar-refractivity contribution is 5.82. The van der Waals surface area contributed by atoms with Gasteiger partial charge in [0, 0.05) is 12.3 Å². The van der Waals surface area contributed by atoms with Crippen LogP contribution in [0.1, 0.15) is 23.3 Å². The van der Waals surface area contributed by atoms with Gasteiger partial charge in [0.1, 0.15) is 0 Å². The highest BCUT2D eigenvalue weighted by Gasteiger charge is 2.22. The van der Waals surface area contributed by atoms with Crippen LogP contribution in [0.4, 0.5) is 0 Å². The van der Waals surface area contributed by atoms with E-state index in [0.717, 1.165) is 5.56 Å². The van der Waals surface area contributed by atoms with Crippen LogP contribution in [-0.4, -0.2) is 15.6 Å². The van der Waals surface area contributed by atoms with Gasteiger partial charge in [0.2, 0.25) is 0 Å². The molecule has 1 heterocycles. The van der Waals surface area contributed by atoms with Crippen LogP contribution in [0.15, 0.2) is 89.9 Å². The molecule has 5 heteroatoms. The van der Waals surface area contributed by atoms with Gasteiger partial charge in [-0.2, -0.15) is 0 Å². The largest absolute Gasteiger partial charge is 0.378 e. The third-order valence-electron chi connectivity index (χ3n) is 4.16. The van der Waals surface area contributed by atoms with Crippen LogP contribution in [0.25, 0.3) is 0 Å². The number of carbonyl (C=O) groups is 1. The molecule has 0 unspecified atom stereocenters. The molecule has 2 aromatic carbocycles. The lowest BCUT2D eigenvalue weighted by Gasteiger charge is -2.22. The number of aliphatic hydroxyl groups excluding tert-OH is 1. The summed E-state index contributed by atoms with van der Waals surface area (Å²) in [5, 5.41) is 13.2. The summed E-state index contributed by atoms with van der Waals surface area (Å²) in [6, 6.07) is 22.6. The van der Waals surface area contributed by atoms with Crippen molar-refractivity contribution < 1.29 is 9.90 Å². The number of benzene rings is 2. The van der Waals surface area contributed by atoms with Crippen molar-refractivity contribution in [3.63, 3.8) is 0 Å². The van der Waals surface area contributed by atoms with E-state index in [9.17, 15) is 14.7 Å². The molecule has 0 fully saturated rings. The van der Waals surface area contributed by atoms with Crippen molar-refractivity contribution in [1.29, 1.82) is 0 Å². The number of nitrogens with one attached hydrogen (secondary N) is 1. The molecule has 132 valence electrons. The number of aromatic nitrogens is 1. The number of hydrogen-bond donors (Lipinski definition) is 2. The Hall–Kier alpha value is -3.18. The average molecular weight is 348 g/mol. The van der Waals surface area contributed by atoms with Crippen LogP contribution in [0.5, 0.6) is 0 Å². The summed E-state index contributed by atoms with van der Waals surface area (Å²) in [7, 11) is 0. The smallest absolute Gasteiger partial charge is 0.254 e. The predicted octanol–water partition coefficient (Wildman–Crippen LogP) is 2.44. The van der Waals surface area contributed by atoms with Crippen LogP contribution in [0.3, 0.4) is 0 Å². The van der Waals surface area contributed by atoms with Crippen molar-refractivity contribution in [3.8, 4) is 0 Å². The van der Waals surface area contributed by atoms with Gasteiger partial charge in [0.25, 0.3) is 11.5 Å². The van der Waals surface area contributed by atoms with Gasteiger partial charge in [0.05, 0.1) is 12.6 Å². The quantitative estimate of drug-likeness (QED) is 0.719. The highest BCUT2D eigenvalue weighted by atomic mass is 16.3. The van der Waals surface area contributed by atoms with Gasteiger partial charge in [-0.25, -0.2) is 0 Å². The summed E-state index contributed by atoms with van der Waals surface area (Å²) < 4.78 is 1.53. The number of aliphatic hydroxyl groups is 1. The summed E-state index contributed by atoms with van der Waals surface area (Å²) in [6.07, 6.45) is 0.410. The predicted molar refractivity (Wildman–Crippen MR) is 99.4 cm³/mol. The zero-order chi connectivity index (χ0) is 18.4. The third-order valence-corrected chi connectivity index (χ3v) is 4.16. The first kappa shape index (κ1) is 17.6. The molecule has 26 heavy (non-hydrogen) atoms. The van der Waals surface area contributed by atoms with Gasteiger partial charge >= 0.3 is 0 Å². The molecule has 0 aliphatic heterocycles. The Balaban J connectivity index is 1.83. The van der Waals surface area contributed by atoms with Crippen molar-refractivity contribution in [2.24, 2.45) is 0 Å². The van der Waals surface area contributed by atoms with Crippen molar-refractivity contribution in [3.05, 3.63) is 107 Å². The maximum atomic E-state index is 12.6. The van der Waals surface area contributed by atoms with E-state index in [0.29, 0.717) is 5.56 Å². The fraction of sp³-hybridized carbons (Fsp3) is 0.143. The van der Waals surface area contributed by atoms with Crippen LogP contribution < -0.4 is 10.9 Å². The van der Waals surface area contributed by atoms with Gasteiger partial charge in [-0.3, -0.25) is 9.59 Å². The van der Waals surface area contributed by atoms with Crippen molar-refractivity contribution in [2.75, 3.05) is 0 Å². The molecular weight excluding hydrogens is 328 g/mol. The molecule has 0 saturated carbocycles. The van der Waals surface area contributed by atoms with Gasteiger partial charge in [-0.05, 0) is 17.2 Å². The van der Waals surface area contributed by atoms with Crippen LogP contribution >= 0.6 is 0 Å². The van der Waals surface area contributed by atoms with Crippen molar-refractivity contribution in [1.82, 2.24) is 9.88 Å². The Labute approximate surface area is 151 Å². The number of nitrogens with zero attached hydrogens (tertiary/aromatic N) is 1. The first-order valence-electron chi connectivity index (χ1n) is 8.39. The summed E-state index contributed by atoms with van der Waals surface area (Å²) in [6.45, 7) is 0.275.